The first kappa shape index (κ1) is 16.1. The van der Waals surface area contributed by atoms with Gasteiger partial charge in [0.05, 0.1) is 11.9 Å². The average molecular weight is 310 g/mol. The van der Waals surface area contributed by atoms with Gasteiger partial charge in [0, 0.05) is 11.7 Å². The molecule has 0 saturated heterocycles. The molecule has 1 aromatic rings. The van der Waals surface area contributed by atoms with E-state index < -0.39 is 10.0 Å². The van der Waals surface area contributed by atoms with Gasteiger partial charge in [-0.15, -0.1) is 0 Å². The Kier molecular flexibility index (Phi) is 5.14. The van der Waals surface area contributed by atoms with E-state index in [1.165, 1.54) is 31.9 Å². The minimum Gasteiger partial charge on any atom is -0.382 e. The minimum atomic E-state index is -3.23. The standard InChI is InChI=1S/C16H26N2O2S/c1-12(2)15-9-4-5-10-16(15)17-13-7-6-8-14(11-13)18-21(3,19)20/h6-8,11-12,15-18H,4-5,9-10H2,1-3H3. The summed E-state index contributed by atoms with van der Waals surface area (Å²) in [7, 11) is -3.23. The summed E-state index contributed by atoms with van der Waals surface area (Å²) in [5.74, 6) is 1.35. The summed E-state index contributed by atoms with van der Waals surface area (Å²) < 4.78 is 25.1. The molecule has 0 spiro atoms. The molecule has 0 heterocycles. The van der Waals surface area contributed by atoms with Crippen LogP contribution in [0.4, 0.5) is 11.4 Å². The third-order valence-electron chi connectivity index (χ3n) is 4.19. The molecule has 0 radical (unpaired) electrons. The predicted octanol–water partition coefficient (Wildman–Crippen LogP) is 3.68. The zero-order valence-electron chi connectivity index (χ0n) is 13.1. The summed E-state index contributed by atoms with van der Waals surface area (Å²) in [4.78, 5) is 0. The molecule has 1 fully saturated rings. The fraction of sp³-hybridized carbons (Fsp3) is 0.625. The number of hydrogen-bond acceptors (Lipinski definition) is 3. The van der Waals surface area contributed by atoms with Crippen molar-refractivity contribution < 1.29 is 8.42 Å². The van der Waals surface area contributed by atoms with E-state index in [1.54, 1.807) is 6.07 Å². The molecule has 1 aliphatic carbocycles. The van der Waals surface area contributed by atoms with Crippen LogP contribution in [0, 0.1) is 11.8 Å². The van der Waals surface area contributed by atoms with Crippen molar-refractivity contribution in [3.8, 4) is 0 Å². The van der Waals surface area contributed by atoms with Gasteiger partial charge in [0.1, 0.15) is 0 Å². The van der Waals surface area contributed by atoms with E-state index in [2.05, 4.69) is 23.9 Å². The molecule has 5 heteroatoms. The Morgan fingerprint density at radius 3 is 2.48 bits per heavy atom. The van der Waals surface area contributed by atoms with Gasteiger partial charge >= 0.3 is 0 Å². The molecular formula is C16H26N2O2S. The lowest BCUT2D eigenvalue weighted by molar-refractivity contribution is 0.254. The molecule has 21 heavy (non-hydrogen) atoms. The van der Waals surface area contributed by atoms with Gasteiger partial charge in [-0.1, -0.05) is 32.8 Å². The van der Waals surface area contributed by atoms with Crippen molar-refractivity contribution >= 4 is 21.4 Å². The van der Waals surface area contributed by atoms with E-state index in [4.69, 9.17) is 0 Å². The maximum atomic E-state index is 11.3. The normalized spacial score (nSPS) is 23.0. The number of anilines is 2. The third-order valence-corrected chi connectivity index (χ3v) is 4.80. The Balaban J connectivity index is 2.09. The van der Waals surface area contributed by atoms with E-state index in [-0.39, 0.29) is 0 Å². The minimum absolute atomic E-state index is 0.479. The van der Waals surface area contributed by atoms with Crippen LogP contribution in [-0.4, -0.2) is 20.7 Å². The van der Waals surface area contributed by atoms with Gasteiger partial charge in [0.15, 0.2) is 0 Å². The molecule has 0 aromatic heterocycles. The predicted molar refractivity (Wildman–Crippen MR) is 89.1 cm³/mol. The summed E-state index contributed by atoms with van der Waals surface area (Å²) >= 11 is 0. The fourth-order valence-electron chi connectivity index (χ4n) is 3.24. The lowest BCUT2D eigenvalue weighted by atomic mass is 9.78. The molecule has 2 atom stereocenters. The van der Waals surface area contributed by atoms with E-state index in [9.17, 15) is 8.42 Å². The van der Waals surface area contributed by atoms with E-state index in [0.717, 1.165) is 5.69 Å². The SMILES string of the molecule is CC(C)C1CCCCC1Nc1cccc(NS(C)(=O)=O)c1. The lowest BCUT2D eigenvalue weighted by Crippen LogP contribution is -2.35. The summed E-state index contributed by atoms with van der Waals surface area (Å²) in [6, 6.07) is 8.00. The van der Waals surface area contributed by atoms with Gasteiger partial charge in [0.2, 0.25) is 10.0 Å². The van der Waals surface area contributed by atoms with Crippen LogP contribution in [0.1, 0.15) is 39.5 Å². The summed E-state index contributed by atoms with van der Waals surface area (Å²) in [6.07, 6.45) is 6.21. The lowest BCUT2D eigenvalue weighted by Gasteiger charge is -2.35. The average Bonchev–Trinajstić information content (AvgIpc) is 2.37. The van der Waals surface area contributed by atoms with Gasteiger partial charge in [0.25, 0.3) is 0 Å². The van der Waals surface area contributed by atoms with Crippen molar-refractivity contribution in [3.63, 3.8) is 0 Å². The Morgan fingerprint density at radius 1 is 1.14 bits per heavy atom. The molecule has 2 N–H and O–H groups in total. The molecular weight excluding hydrogens is 284 g/mol. The fourth-order valence-corrected chi connectivity index (χ4v) is 3.79. The van der Waals surface area contributed by atoms with Crippen LogP contribution >= 0.6 is 0 Å². The number of benzene rings is 1. The highest BCUT2D eigenvalue weighted by molar-refractivity contribution is 7.92. The molecule has 1 aliphatic rings. The number of nitrogens with one attached hydrogen (secondary N) is 2. The molecule has 1 aromatic carbocycles. The Bertz CT molecular complexity index is 569. The molecule has 4 nitrogen and oxygen atoms in total. The van der Waals surface area contributed by atoms with Crippen LogP contribution in [0.2, 0.25) is 0 Å². The number of rotatable bonds is 5. The van der Waals surface area contributed by atoms with Crippen LogP contribution in [0.25, 0.3) is 0 Å². The van der Waals surface area contributed by atoms with Crippen molar-refractivity contribution in [1.82, 2.24) is 0 Å². The zero-order valence-corrected chi connectivity index (χ0v) is 13.9. The van der Waals surface area contributed by atoms with Gasteiger partial charge in [-0.3, -0.25) is 4.72 Å². The van der Waals surface area contributed by atoms with Crippen LogP contribution in [0.15, 0.2) is 24.3 Å². The monoisotopic (exact) mass is 310 g/mol. The Labute approximate surface area is 128 Å². The highest BCUT2D eigenvalue weighted by atomic mass is 32.2. The largest absolute Gasteiger partial charge is 0.382 e. The molecule has 118 valence electrons. The van der Waals surface area contributed by atoms with Crippen LogP contribution in [0.3, 0.4) is 0 Å². The second-order valence-corrected chi connectivity index (χ2v) is 8.15. The Hall–Kier alpha value is -1.23. The molecule has 1 saturated carbocycles. The van der Waals surface area contributed by atoms with Gasteiger partial charge in [-0.2, -0.15) is 0 Å². The summed E-state index contributed by atoms with van der Waals surface area (Å²) in [6.45, 7) is 4.57. The van der Waals surface area contributed by atoms with E-state index in [1.807, 2.05) is 18.2 Å². The molecule has 2 unspecified atom stereocenters. The van der Waals surface area contributed by atoms with Crippen molar-refractivity contribution in [1.29, 1.82) is 0 Å². The smallest absolute Gasteiger partial charge is 0.229 e. The summed E-state index contributed by atoms with van der Waals surface area (Å²) in [5, 5.41) is 3.60. The second-order valence-electron chi connectivity index (χ2n) is 6.40. The third kappa shape index (κ3) is 4.92. The number of sulfonamides is 1. The van der Waals surface area contributed by atoms with Crippen molar-refractivity contribution in [2.45, 2.75) is 45.6 Å². The first-order chi connectivity index (χ1) is 9.85. The van der Waals surface area contributed by atoms with Crippen LogP contribution in [0.5, 0.6) is 0 Å². The zero-order chi connectivity index (χ0) is 15.5. The van der Waals surface area contributed by atoms with Crippen LogP contribution in [-0.2, 0) is 10.0 Å². The van der Waals surface area contributed by atoms with Gasteiger partial charge in [-0.25, -0.2) is 8.42 Å². The first-order valence-corrected chi connectivity index (χ1v) is 9.59. The molecule has 0 amide bonds. The maximum Gasteiger partial charge on any atom is 0.229 e. The van der Waals surface area contributed by atoms with Gasteiger partial charge < -0.3 is 5.32 Å². The molecule has 0 aliphatic heterocycles. The Morgan fingerprint density at radius 2 is 1.81 bits per heavy atom. The number of hydrogen-bond donors (Lipinski definition) is 2. The van der Waals surface area contributed by atoms with E-state index in [0.29, 0.717) is 23.6 Å². The van der Waals surface area contributed by atoms with Crippen LogP contribution < -0.4 is 10.0 Å². The van der Waals surface area contributed by atoms with Gasteiger partial charge in [-0.05, 0) is 42.9 Å². The quantitative estimate of drug-likeness (QED) is 0.872. The van der Waals surface area contributed by atoms with Crippen molar-refractivity contribution in [2.75, 3.05) is 16.3 Å². The summed E-state index contributed by atoms with van der Waals surface area (Å²) in [5.41, 5.74) is 1.60. The maximum absolute atomic E-state index is 11.3. The highest BCUT2D eigenvalue weighted by Crippen LogP contribution is 2.32. The first-order valence-electron chi connectivity index (χ1n) is 7.69. The second kappa shape index (κ2) is 6.69. The topological polar surface area (TPSA) is 58.2 Å². The van der Waals surface area contributed by atoms with Crippen molar-refractivity contribution in [2.24, 2.45) is 11.8 Å². The van der Waals surface area contributed by atoms with E-state index >= 15 is 0 Å². The molecule has 2 rings (SSSR count). The van der Waals surface area contributed by atoms with Crippen molar-refractivity contribution in [3.05, 3.63) is 24.3 Å². The highest BCUT2D eigenvalue weighted by Gasteiger charge is 2.27. The molecule has 0 bridgehead atoms.